The number of H-pyrrole nitrogens is 2. The second-order valence-corrected chi connectivity index (χ2v) is 15.3. The Morgan fingerprint density at radius 3 is 1.33 bits per heavy atom. The number of amides is 4. The zero-order chi connectivity index (χ0) is 38.0. The number of rotatable bonds is 11. The van der Waals surface area contributed by atoms with E-state index in [0.29, 0.717) is 24.7 Å². The van der Waals surface area contributed by atoms with Gasteiger partial charge in [0.15, 0.2) is 0 Å². The Bertz CT molecular complexity index is 1930. The minimum atomic E-state index is -1.11. The van der Waals surface area contributed by atoms with Crippen LogP contribution >= 0.6 is 0 Å². The molecule has 2 aromatic carbocycles. The molecule has 0 radical (unpaired) electrons. The second-order valence-electron chi connectivity index (χ2n) is 15.3. The van der Waals surface area contributed by atoms with E-state index in [1.807, 2.05) is 47.9 Å². The van der Waals surface area contributed by atoms with Crippen LogP contribution in [0.3, 0.4) is 0 Å². The van der Waals surface area contributed by atoms with Gasteiger partial charge in [0, 0.05) is 26.2 Å². The van der Waals surface area contributed by atoms with Crippen LogP contribution in [0.15, 0.2) is 60.9 Å². The molecule has 4 aromatic rings. The number of aromatic nitrogens is 4. The summed E-state index contributed by atoms with van der Waals surface area (Å²) in [5, 5.41) is 19.1. The first-order chi connectivity index (χ1) is 26.0. The Labute approximate surface area is 313 Å². The molecule has 282 valence electrons. The molecule has 2 saturated heterocycles. The van der Waals surface area contributed by atoms with E-state index in [9.17, 15) is 29.4 Å². The van der Waals surface area contributed by atoms with E-state index in [-0.39, 0.29) is 36.0 Å². The molecule has 2 saturated carbocycles. The molecule has 2 aliphatic carbocycles. The van der Waals surface area contributed by atoms with Gasteiger partial charge in [0.05, 0.1) is 35.9 Å². The first-order valence-electron chi connectivity index (χ1n) is 18.9. The van der Waals surface area contributed by atoms with Gasteiger partial charge in [-0.1, -0.05) is 62.4 Å². The number of likely N-dealkylation sites (tertiary alicyclic amines) is 2. The molecule has 0 spiro atoms. The fourth-order valence-corrected chi connectivity index (χ4v) is 8.86. The Kier molecular flexibility index (Phi) is 8.93. The van der Waals surface area contributed by atoms with E-state index in [1.165, 1.54) is 14.1 Å². The van der Waals surface area contributed by atoms with Gasteiger partial charge in [0.1, 0.15) is 23.7 Å². The van der Waals surface area contributed by atoms with E-state index >= 15 is 0 Å². The van der Waals surface area contributed by atoms with Crippen LogP contribution in [0.1, 0.15) is 76.1 Å². The molecule has 4 fully saturated rings. The summed E-state index contributed by atoms with van der Waals surface area (Å²) in [4.78, 5) is 72.8. The molecule has 4 aliphatic rings. The highest BCUT2D eigenvalue weighted by Gasteiger charge is 2.57. The number of aromatic amines is 2. The average Bonchev–Trinajstić information content (AvgIpc) is 3.76. The molecule has 2 aliphatic heterocycles. The van der Waals surface area contributed by atoms with E-state index in [4.69, 9.17) is 0 Å². The molecule has 0 unspecified atom stereocenters. The zero-order valence-corrected chi connectivity index (χ0v) is 30.8. The lowest BCUT2D eigenvalue weighted by Gasteiger charge is -2.32. The minimum Gasteiger partial charge on any atom is -0.465 e. The van der Waals surface area contributed by atoms with Crippen molar-refractivity contribution in [2.24, 2.45) is 11.8 Å². The van der Waals surface area contributed by atoms with Gasteiger partial charge in [-0.2, -0.15) is 0 Å². The molecule has 4 N–H and O–H groups in total. The van der Waals surface area contributed by atoms with Crippen LogP contribution in [0.25, 0.3) is 33.6 Å². The normalized spacial score (nSPS) is 24.7. The third-order valence-corrected chi connectivity index (χ3v) is 12.1. The molecule has 14 nitrogen and oxygen atoms in total. The lowest BCUT2D eigenvalue weighted by atomic mass is 10.0. The van der Waals surface area contributed by atoms with Crippen LogP contribution in [-0.2, 0) is 9.59 Å². The maximum absolute atomic E-state index is 13.6. The fraction of sp³-hybridized carbons (Fsp3) is 0.450. The Morgan fingerprint density at radius 1 is 0.648 bits per heavy atom. The number of likely N-dealkylation sites (N-methyl/N-ethyl adjacent to an activating group) is 2. The van der Waals surface area contributed by atoms with Crippen molar-refractivity contribution in [3.63, 3.8) is 0 Å². The van der Waals surface area contributed by atoms with E-state index in [2.05, 4.69) is 44.2 Å². The summed E-state index contributed by atoms with van der Waals surface area (Å²) in [6, 6.07) is 14.8. The van der Waals surface area contributed by atoms with Crippen molar-refractivity contribution in [2.75, 3.05) is 14.1 Å². The Morgan fingerprint density at radius 2 is 1.00 bits per heavy atom. The van der Waals surface area contributed by atoms with Crippen molar-refractivity contribution in [3.8, 4) is 33.6 Å². The minimum absolute atomic E-state index is 0.139. The first-order valence-corrected chi connectivity index (χ1v) is 18.9. The Hall–Kier alpha value is -5.66. The first kappa shape index (κ1) is 35.4. The zero-order valence-electron chi connectivity index (χ0n) is 30.8. The summed E-state index contributed by atoms with van der Waals surface area (Å²) < 4.78 is 0. The molecule has 8 rings (SSSR count). The summed E-state index contributed by atoms with van der Waals surface area (Å²) in [6.07, 6.45) is 5.72. The molecule has 2 aromatic heterocycles. The molecule has 8 atom stereocenters. The van der Waals surface area contributed by atoms with Crippen LogP contribution in [0.2, 0.25) is 0 Å². The molecular formula is C40H46N8O6. The maximum atomic E-state index is 13.6. The van der Waals surface area contributed by atoms with Gasteiger partial charge < -0.3 is 30.0 Å². The number of fused-ring (bicyclic) bond motifs is 2. The summed E-state index contributed by atoms with van der Waals surface area (Å²) in [5.74, 6) is 1.98. The second kappa shape index (κ2) is 13.6. The number of carbonyl (C=O) groups excluding carboxylic acids is 2. The lowest BCUT2D eigenvalue weighted by molar-refractivity contribution is -0.139. The third kappa shape index (κ3) is 6.16. The number of hydrogen-bond acceptors (Lipinski definition) is 6. The molecule has 4 heterocycles. The SMILES string of the molecule is CC[C@@H](C(=O)N1[C@H](c2ncc(-c3ccc(-c4ccc(-c5cnc([C@@H]6C[C@@H]7C[C@@H]7N6C(=O)[C@H](CC)N(C)C(=O)O)[nH]5)cc4)cc3)[nH]2)C[C@@H]2C[C@@H]21)N(C)C(=O)O. The smallest absolute Gasteiger partial charge is 0.407 e. The number of benzene rings is 2. The number of nitrogens with one attached hydrogen (secondary N) is 2. The summed E-state index contributed by atoms with van der Waals surface area (Å²) in [5.41, 5.74) is 5.73. The van der Waals surface area contributed by atoms with Gasteiger partial charge in [0.2, 0.25) is 11.8 Å². The number of imidazole rings is 2. The van der Waals surface area contributed by atoms with E-state index in [1.54, 1.807) is 12.4 Å². The van der Waals surface area contributed by atoms with Crippen molar-refractivity contribution >= 4 is 24.0 Å². The van der Waals surface area contributed by atoms with Crippen molar-refractivity contribution in [1.29, 1.82) is 0 Å². The van der Waals surface area contributed by atoms with Crippen LogP contribution in [0.4, 0.5) is 9.59 Å². The highest BCUT2D eigenvalue weighted by Crippen LogP contribution is 2.54. The van der Waals surface area contributed by atoms with Gasteiger partial charge in [-0.15, -0.1) is 0 Å². The Balaban J connectivity index is 0.937. The summed E-state index contributed by atoms with van der Waals surface area (Å²) in [7, 11) is 2.91. The largest absolute Gasteiger partial charge is 0.465 e. The van der Waals surface area contributed by atoms with Gasteiger partial charge in [-0.25, -0.2) is 19.6 Å². The van der Waals surface area contributed by atoms with Gasteiger partial charge in [0.25, 0.3) is 0 Å². The van der Waals surface area contributed by atoms with Crippen LogP contribution in [0, 0.1) is 11.8 Å². The highest BCUT2D eigenvalue weighted by molar-refractivity contribution is 5.87. The van der Waals surface area contributed by atoms with Crippen molar-refractivity contribution in [1.82, 2.24) is 39.5 Å². The van der Waals surface area contributed by atoms with Crippen LogP contribution in [0.5, 0.6) is 0 Å². The molecule has 14 heteroatoms. The maximum Gasteiger partial charge on any atom is 0.407 e. The average molecular weight is 735 g/mol. The monoisotopic (exact) mass is 734 g/mol. The van der Waals surface area contributed by atoms with Crippen molar-refractivity contribution in [2.45, 2.75) is 88.6 Å². The number of hydrogen-bond donors (Lipinski definition) is 4. The fourth-order valence-electron chi connectivity index (χ4n) is 8.86. The number of nitrogens with zero attached hydrogens (tertiary/aromatic N) is 6. The van der Waals surface area contributed by atoms with Crippen molar-refractivity contribution < 1.29 is 29.4 Å². The van der Waals surface area contributed by atoms with Gasteiger partial charge in [-0.05, 0) is 72.6 Å². The summed E-state index contributed by atoms with van der Waals surface area (Å²) >= 11 is 0. The highest BCUT2D eigenvalue weighted by atomic mass is 16.4. The molecule has 4 amide bonds. The van der Waals surface area contributed by atoms with Gasteiger partial charge >= 0.3 is 12.2 Å². The number of carboxylic acid groups (broad SMARTS) is 2. The third-order valence-electron chi connectivity index (χ3n) is 12.1. The summed E-state index contributed by atoms with van der Waals surface area (Å²) in [6.45, 7) is 3.67. The van der Waals surface area contributed by atoms with E-state index in [0.717, 1.165) is 80.8 Å². The van der Waals surface area contributed by atoms with Gasteiger partial charge in [-0.3, -0.25) is 19.4 Å². The number of piperidine rings is 2. The molecule has 54 heavy (non-hydrogen) atoms. The van der Waals surface area contributed by atoms with Crippen LogP contribution in [-0.4, -0.2) is 112 Å². The van der Waals surface area contributed by atoms with E-state index < -0.39 is 24.3 Å². The molecular weight excluding hydrogens is 688 g/mol. The van der Waals surface area contributed by atoms with Crippen LogP contribution < -0.4 is 0 Å². The molecule has 0 bridgehead atoms. The topological polar surface area (TPSA) is 179 Å². The number of carbonyl (C=O) groups is 4. The quantitative estimate of drug-likeness (QED) is 0.140. The standard InChI is InChI=1S/C40H46N8O6/c1-5-29(45(3)39(51)52)37(49)47-31-15-25(31)17-33(47)35-41-19-27(43-35)23-11-7-21(8-12-23)22-9-13-24(14-10-22)28-20-42-36(44-28)34-18-26-16-32(26)48(34)38(50)30(6-2)46(4)40(53)54/h7-14,19-20,25-26,29-34H,5-6,15-18H2,1-4H3,(H,41,43)(H,42,44)(H,51,52)(H,53,54)/t25-,26-,29-,30-,31-,32-,33-,34-/m0/s1. The predicted octanol–water partition coefficient (Wildman–Crippen LogP) is 6.23. The van der Waals surface area contributed by atoms with Crippen molar-refractivity contribution in [3.05, 3.63) is 72.6 Å². The lowest BCUT2D eigenvalue weighted by Crippen LogP contribution is -2.49. The predicted molar refractivity (Wildman–Crippen MR) is 199 cm³/mol.